The molecule has 19 heavy (non-hydrogen) atoms. The first-order chi connectivity index (χ1) is 9.31. The van der Waals surface area contributed by atoms with Gasteiger partial charge in [-0.25, -0.2) is 4.98 Å². The number of rotatable bonds is 3. The van der Waals surface area contributed by atoms with Crippen molar-refractivity contribution in [1.29, 1.82) is 0 Å². The molecule has 0 amide bonds. The van der Waals surface area contributed by atoms with Crippen LogP contribution in [0, 0.1) is 0 Å². The van der Waals surface area contributed by atoms with Gasteiger partial charge in [0, 0.05) is 12.0 Å². The SMILES string of the molecule is NCCc1nc2cccc(Cl)n2c1-c1ccccc1. The Balaban J connectivity index is 2.33. The van der Waals surface area contributed by atoms with Crippen molar-refractivity contribution in [2.75, 3.05) is 6.54 Å². The second kappa shape index (κ2) is 5.03. The largest absolute Gasteiger partial charge is 0.330 e. The van der Waals surface area contributed by atoms with E-state index in [4.69, 9.17) is 17.3 Å². The lowest BCUT2D eigenvalue weighted by Crippen LogP contribution is -2.04. The molecule has 3 aromatic rings. The maximum absolute atomic E-state index is 6.32. The molecule has 0 unspecified atom stereocenters. The Morgan fingerprint density at radius 3 is 2.58 bits per heavy atom. The first-order valence-electron chi connectivity index (χ1n) is 6.22. The summed E-state index contributed by atoms with van der Waals surface area (Å²) in [6.45, 7) is 0.571. The van der Waals surface area contributed by atoms with E-state index < -0.39 is 0 Å². The molecule has 0 aliphatic heterocycles. The number of aromatic nitrogens is 2. The van der Waals surface area contributed by atoms with E-state index in [9.17, 15) is 0 Å². The minimum atomic E-state index is 0.571. The third-order valence-electron chi connectivity index (χ3n) is 3.10. The summed E-state index contributed by atoms with van der Waals surface area (Å²) < 4.78 is 1.97. The summed E-state index contributed by atoms with van der Waals surface area (Å²) in [6.07, 6.45) is 0.738. The third kappa shape index (κ3) is 2.11. The fraction of sp³-hybridized carbons (Fsp3) is 0.133. The van der Waals surface area contributed by atoms with Gasteiger partial charge in [-0.15, -0.1) is 0 Å². The van der Waals surface area contributed by atoms with E-state index in [0.29, 0.717) is 11.7 Å². The minimum absolute atomic E-state index is 0.571. The number of halogens is 1. The molecule has 4 heteroatoms. The summed E-state index contributed by atoms with van der Waals surface area (Å²) in [6, 6.07) is 15.9. The molecule has 96 valence electrons. The second-order valence-electron chi connectivity index (χ2n) is 4.35. The van der Waals surface area contributed by atoms with Crippen molar-refractivity contribution in [3.63, 3.8) is 0 Å². The van der Waals surface area contributed by atoms with E-state index in [-0.39, 0.29) is 0 Å². The third-order valence-corrected chi connectivity index (χ3v) is 3.39. The molecule has 0 saturated carbocycles. The van der Waals surface area contributed by atoms with Gasteiger partial charge in [0.15, 0.2) is 0 Å². The molecule has 0 radical (unpaired) electrons. The van der Waals surface area contributed by atoms with Crippen molar-refractivity contribution in [3.8, 4) is 11.3 Å². The number of nitrogens with two attached hydrogens (primary N) is 1. The topological polar surface area (TPSA) is 43.3 Å². The molecule has 0 saturated heterocycles. The van der Waals surface area contributed by atoms with E-state index in [1.165, 1.54) is 0 Å². The highest BCUT2D eigenvalue weighted by molar-refractivity contribution is 6.30. The van der Waals surface area contributed by atoms with Gasteiger partial charge in [-0.2, -0.15) is 0 Å². The smallest absolute Gasteiger partial charge is 0.138 e. The number of pyridine rings is 1. The molecular formula is C15H14ClN3. The van der Waals surface area contributed by atoms with E-state index in [1.54, 1.807) is 0 Å². The van der Waals surface area contributed by atoms with Crippen molar-refractivity contribution < 1.29 is 0 Å². The minimum Gasteiger partial charge on any atom is -0.330 e. The van der Waals surface area contributed by atoms with Gasteiger partial charge in [0.2, 0.25) is 0 Å². The van der Waals surface area contributed by atoms with Crippen LogP contribution >= 0.6 is 11.6 Å². The van der Waals surface area contributed by atoms with Crippen molar-refractivity contribution in [3.05, 3.63) is 59.4 Å². The highest BCUT2D eigenvalue weighted by atomic mass is 35.5. The van der Waals surface area contributed by atoms with Crippen LogP contribution in [0.2, 0.25) is 5.15 Å². The molecule has 2 heterocycles. The quantitative estimate of drug-likeness (QED) is 0.744. The molecule has 0 spiro atoms. The molecule has 2 aromatic heterocycles. The van der Waals surface area contributed by atoms with Gasteiger partial charge in [0.05, 0.1) is 11.4 Å². The Hall–Kier alpha value is -1.84. The number of imidazole rings is 1. The van der Waals surface area contributed by atoms with Crippen LogP contribution in [-0.4, -0.2) is 15.9 Å². The van der Waals surface area contributed by atoms with Gasteiger partial charge in [-0.1, -0.05) is 48.0 Å². The standard InChI is InChI=1S/C15H14ClN3/c16-13-7-4-8-14-18-12(9-10-17)15(19(13)14)11-5-2-1-3-6-11/h1-8H,9-10,17H2. The zero-order valence-electron chi connectivity index (χ0n) is 10.4. The van der Waals surface area contributed by atoms with Gasteiger partial charge < -0.3 is 5.73 Å². The molecule has 0 aliphatic rings. The zero-order valence-corrected chi connectivity index (χ0v) is 11.1. The monoisotopic (exact) mass is 271 g/mol. The van der Waals surface area contributed by atoms with Crippen LogP contribution in [0.25, 0.3) is 16.9 Å². The second-order valence-corrected chi connectivity index (χ2v) is 4.74. The van der Waals surface area contributed by atoms with Crippen LogP contribution < -0.4 is 5.73 Å². The molecule has 2 N–H and O–H groups in total. The van der Waals surface area contributed by atoms with Crippen molar-refractivity contribution in [1.82, 2.24) is 9.38 Å². The van der Waals surface area contributed by atoms with Gasteiger partial charge >= 0.3 is 0 Å². The Morgan fingerprint density at radius 1 is 1.05 bits per heavy atom. The molecule has 0 bridgehead atoms. The van der Waals surface area contributed by atoms with Crippen molar-refractivity contribution >= 4 is 17.2 Å². The molecule has 0 atom stereocenters. The Kier molecular flexibility index (Phi) is 3.23. The lowest BCUT2D eigenvalue weighted by atomic mass is 10.1. The molecule has 0 fully saturated rings. The molecule has 1 aromatic carbocycles. The fourth-order valence-electron chi connectivity index (χ4n) is 2.30. The average molecular weight is 272 g/mol. The van der Waals surface area contributed by atoms with E-state index in [1.807, 2.05) is 40.8 Å². The summed E-state index contributed by atoms with van der Waals surface area (Å²) in [7, 11) is 0. The van der Waals surface area contributed by atoms with Crippen LogP contribution in [0.5, 0.6) is 0 Å². The Morgan fingerprint density at radius 2 is 1.84 bits per heavy atom. The summed E-state index contributed by atoms with van der Waals surface area (Å²) in [5.41, 5.74) is 9.67. The maximum Gasteiger partial charge on any atom is 0.138 e. The van der Waals surface area contributed by atoms with Gasteiger partial charge in [0.25, 0.3) is 0 Å². The van der Waals surface area contributed by atoms with Crippen molar-refractivity contribution in [2.45, 2.75) is 6.42 Å². The predicted octanol–water partition coefficient (Wildman–Crippen LogP) is 3.16. The highest BCUT2D eigenvalue weighted by Gasteiger charge is 2.14. The number of hydrogen-bond donors (Lipinski definition) is 1. The highest BCUT2D eigenvalue weighted by Crippen LogP contribution is 2.28. The number of fused-ring (bicyclic) bond motifs is 1. The first-order valence-corrected chi connectivity index (χ1v) is 6.60. The Bertz CT molecular complexity index is 704. The average Bonchev–Trinajstić information content (AvgIpc) is 2.80. The summed E-state index contributed by atoms with van der Waals surface area (Å²) in [5, 5.41) is 0.659. The first kappa shape index (κ1) is 12.2. The summed E-state index contributed by atoms with van der Waals surface area (Å²) >= 11 is 6.32. The summed E-state index contributed by atoms with van der Waals surface area (Å²) in [4.78, 5) is 4.64. The van der Waals surface area contributed by atoms with E-state index in [2.05, 4.69) is 17.1 Å². The van der Waals surface area contributed by atoms with Crippen LogP contribution in [0.4, 0.5) is 0 Å². The summed E-state index contributed by atoms with van der Waals surface area (Å²) in [5.74, 6) is 0. The number of benzene rings is 1. The lowest BCUT2D eigenvalue weighted by Gasteiger charge is -2.06. The maximum atomic E-state index is 6.32. The Labute approximate surface area is 116 Å². The van der Waals surface area contributed by atoms with Gasteiger partial charge in [-0.3, -0.25) is 4.40 Å². The lowest BCUT2D eigenvalue weighted by molar-refractivity contribution is 0.939. The van der Waals surface area contributed by atoms with Gasteiger partial charge in [0.1, 0.15) is 10.8 Å². The number of nitrogens with zero attached hydrogens (tertiary/aromatic N) is 2. The van der Waals surface area contributed by atoms with E-state index >= 15 is 0 Å². The molecule has 0 aliphatic carbocycles. The normalized spacial score (nSPS) is 11.1. The predicted molar refractivity (Wildman–Crippen MR) is 78.4 cm³/mol. The molecular weight excluding hydrogens is 258 g/mol. The number of hydrogen-bond acceptors (Lipinski definition) is 2. The van der Waals surface area contributed by atoms with Crippen LogP contribution in [0.15, 0.2) is 48.5 Å². The van der Waals surface area contributed by atoms with E-state index in [0.717, 1.165) is 29.0 Å². The molecule has 3 rings (SSSR count). The van der Waals surface area contributed by atoms with Gasteiger partial charge in [-0.05, 0) is 18.7 Å². The fourth-order valence-corrected chi connectivity index (χ4v) is 2.55. The molecule has 3 nitrogen and oxygen atoms in total. The zero-order chi connectivity index (χ0) is 13.2. The van der Waals surface area contributed by atoms with Crippen LogP contribution in [-0.2, 0) is 6.42 Å². The van der Waals surface area contributed by atoms with Crippen molar-refractivity contribution in [2.24, 2.45) is 5.73 Å². The van der Waals surface area contributed by atoms with Crippen LogP contribution in [0.3, 0.4) is 0 Å². The van der Waals surface area contributed by atoms with Crippen LogP contribution in [0.1, 0.15) is 5.69 Å².